The fourth-order valence-electron chi connectivity index (χ4n) is 3.41. The van der Waals surface area contributed by atoms with Crippen molar-refractivity contribution in [2.75, 3.05) is 7.11 Å². The molecule has 0 bridgehead atoms. The molecule has 6 heteroatoms. The second-order valence-electron chi connectivity index (χ2n) is 6.11. The van der Waals surface area contributed by atoms with Gasteiger partial charge in [-0.15, -0.1) is 0 Å². The second-order valence-corrected chi connectivity index (χ2v) is 6.11. The summed E-state index contributed by atoms with van der Waals surface area (Å²) in [7, 11) is 1.41. The lowest BCUT2D eigenvalue weighted by atomic mass is 9.77. The molecule has 0 saturated carbocycles. The van der Waals surface area contributed by atoms with Crippen LogP contribution in [0, 0.1) is 0 Å². The Morgan fingerprint density at radius 1 is 1.04 bits per heavy atom. The summed E-state index contributed by atoms with van der Waals surface area (Å²) in [6.07, 6.45) is -0.0754. The fraction of sp³-hybridized carbons (Fsp3) is 0.150. The van der Waals surface area contributed by atoms with Crippen LogP contribution < -0.4 is 4.74 Å². The van der Waals surface area contributed by atoms with Gasteiger partial charge in [-0.05, 0) is 17.7 Å². The molecule has 6 nitrogen and oxygen atoms in total. The Labute approximate surface area is 148 Å². The minimum atomic E-state index is -0.648. The number of Topliss-reactive ketones (excluding diaryl/α,β-unsaturated/α-hetero) is 2. The quantitative estimate of drug-likeness (QED) is 0.838. The minimum Gasteiger partial charge on any atom is -0.504 e. The maximum Gasteiger partial charge on any atom is 0.312 e. The monoisotopic (exact) mass is 350 g/mol. The molecule has 0 aromatic heterocycles. The van der Waals surface area contributed by atoms with Crippen molar-refractivity contribution < 1.29 is 29.0 Å². The van der Waals surface area contributed by atoms with Gasteiger partial charge in [0.25, 0.3) is 0 Å². The van der Waals surface area contributed by atoms with Crippen LogP contribution >= 0.6 is 0 Å². The summed E-state index contributed by atoms with van der Waals surface area (Å²) in [5.74, 6) is -2.08. The molecule has 2 aromatic rings. The van der Waals surface area contributed by atoms with Crippen LogP contribution in [0.1, 0.15) is 38.6 Å². The molecule has 1 N–H and O–H groups in total. The first kappa shape index (κ1) is 16.1. The molecule has 1 heterocycles. The molecule has 0 spiro atoms. The Morgan fingerprint density at radius 2 is 1.73 bits per heavy atom. The highest BCUT2D eigenvalue weighted by atomic mass is 16.5. The Balaban J connectivity index is 1.90. The van der Waals surface area contributed by atoms with E-state index in [1.807, 2.05) is 0 Å². The molecule has 26 heavy (non-hydrogen) atoms. The van der Waals surface area contributed by atoms with Crippen molar-refractivity contribution in [3.05, 3.63) is 70.5 Å². The number of esters is 1. The third-order valence-corrected chi connectivity index (χ3v) is 4.65. The molecule has 2 aliphatic rings. The molecule has 4 rings (SSSR count). The van der Waals surface area contributed by atoms with Crippen molar-refractivity contribution in [1.29, 1.82) is 0 Å². The summed E-state index contributed by atoms with van der Waals surface area (Å²) in [5.41, 5.74) is 1.28. The maximum atomic E-state index is 13.0. The molecule has 130 valence electrons. The predicted octanol–water partition coefficient (Wildman–Crippen LogP) is 2.76. The van der Waals surface area contributed by atoms with E-state index >= 15 is 0 Å². The first-order chi connectivity index (χ1) is 12.5. The van der Waals surface area contributed by atoms with E-state index in [-0.39, 0.29) is 40.6 Å². The van der Waals surface area contributed by atoms with Gasteiger partial charge in [-0.2, -0.15) is 0 Å². The summed E-state index contributed by atoms with van der Waals surface area (Å²) >= 11 is 0. The van der Waals surface area contributed by atoms with Gasteiger partial charge >= 0.3 is 5.97 Å². The topological polar surface area (TPSA) is 89.9 Å². The van der Waals surface area contributed by atoms with E-state index in [1.165, 1.54) is 13.2 Å². The number of benzene rings is 2. The maximum absolute atomic E-state index is 13.0. The van der Waals surface area contributed by atoms with Crippen LogP contribution in [0.5, 0.6) is 11.5 Å². The lowest BCUT2D eigenvalue weighted by molar-refractivity contribution is -0.140. The normalized spacial score (nSPS) is 19.0. The largest absolute Gasteiger partial charge is 0.504 e. The molecular formula is C20H14O6. The van der Waals surface area contributed by atoms with Gasteiger partial charge in [0.1, 0.15) is 0 Å². The van der Waals surface area contributed by atoms with Crippen LogP contribution in [0.15, 0.2) is 53.8 Å². The third kappa shape index (κ3) is 2.30. The number of methoxy groups -OCH3 is 1. The van der Waals surface area contributed by atoms with Gasteiger partial charge in [0, 0.05) is 17.0 Å². The lowest BCUT2D eigenvalue weighted by Crippen LogP contribution is -2.32. The fourth-order valence-corrected chi connectivity index (χ4v) is 3.41. The number of ether oxygens (including phenoxy) is 2. The highest BCUT2D eigenvalue weighted by Gasteiger charge is 2.42. The van der Waals surface area contributed by atoms with Gasteiger partial charge < -0.3 is 14.6 Å². The first-order valence-corrected chi connectivity index (χ1v) is 8.01. The smallest absolute Gasteiger partial charge is 0.312 e. The van der Waals surface area contributed by atoms with Crippen molar-refractivity contribution in [2.45, 2.75) is 12.3 Å². The molecule has 0 radical (unpaired) electrons. The van der Waals surface area contributed by atoms with Gasteiger partial charge in [0.15, 0.2) is 23.0 Å². The third-order valence-electron chi connectivity index (χ3n) is 4.65. The number of aromatic hydroxyl groups is 1. The number of carbonyl (C=O) groups excluding carboxylic acids is 3. The number of fused-ring (bicyclic) bond motifs is 1. The summed E-state index contributed by atoms with van der Waals surface area (Å²) in [6, 6.07) is 11.1. The van der Waals surface area contributed by atoms with Crippen molar-refractivity contribution in [2.24, 2.45) is 0 Å². The van der Waals surface area contributed by atoms with Crippen LogP contribution in [-0.2, 0) is 9.53 Å². The minimum absolute atomic E-state index is 0.0553. The first-order valence-electron chi connectivity index (χ1n) is 8.01. The van der Waals surface area contributed by atoms with Crippen LogP contribution in [0.4, 0.5) is 0 Å². The van der Waals surface area contributed by atoms with E-state index in [2.05, 4.69) is 0 Å². The number of hydrogen-bond acceptors (Lipinski definition) is 6. The Bertz CT molecular complexity index is 1000. The number of phenolic OH excluding ortho intramolecular Hbond substituents is 1. The number of allylic oxidation sites excluding steroid dienone is 2. The van der Waals surface area contributed by atoms with Crippen LogP contribution in [-0.4, -0.2) is 29.8 Å². The summed E-state index contributed by atoms with van der Waals surface area (Å²) < 4.78 is 10.3. The van der Waals surface area contributed by atoms with Gasteiger partial charge in [0.05, 0.1) is 19.1 Å². The molecule has 0 fully saturated rings. The van der Waals surface area contributed by atoms with E-state index in [9.17, 15) is 19.5 Å². The van der Waals surface area contributed by atoms with Gasteiger partial charge in [0.2, 0.25) is 5.78 Å². The molecule has 2 aromatic carbocycles. The van der Waals surface area contributed by atoms with Gasteiger partial charge in [-0.25, -0.2) is 0 Å². The van der Waals surface area contributed by atoms with Crippen molar-refractivity contribution in [1.82, 2.24) is 0 Å². The van der Waals surface area contributed by atoms with E-state index in [0.717, 1.165) is 0 Å². The zero-order valence-electron chi connectivity index (χ0n) is 13.8. The van der Waals surface area contributed by atoms with E-state index in [0.29, 0.717) is 11.1 Å². The van der Waals surface area contributed by atoms with E-state index in [4.69, 9.17) is 9.47 Å². The lowest BCUT2D eigenvalue weighted by Gasteiger charge is -2.30. The molecule has 0 saturated heterocycles. The number of rotatable bonds is 2. The SMILES string of the molecule is COc1cc(C2CC(=O)OC3=C2C(=O)c2ccccc2C3=O)ccc1O. The van der Waals surface area contributed by atoms with Crippen LogP contribution in [0.25, 0.3) is 0 Å². The molecule has 1 atom stereocenters. The van der Waals surface area contributed by atoms with Crippen LogP contribution in [0.3, 0.4) is 0 Å². The summed E-state index contributed by atoms with van der Waals surface area (Å²) in [6.45, 7) is 0. The Kier molecular flexibility index (Phi) is 3.61. The standard InChI is InChI=1S/C20H14O6/c1-25-15-8-10(6-7-14(15)21)13-9-16(22)26-20-17(13)18(23)11-4-2-3-5-12(11)19(20)24/h2-8,13,21H,9H2,1H3. The van der Waals surface area contributed by atoms with E-state index < -0.39 is 17.7 Å². The molecule has 0 amide bonds. The predicted molar refractivity (Wildman–Crippen MR) is 90.2 cm³/mol. The average Bonchev–Trinajstić information content (AvgIpc) is 2.66. The highest BCUT2D eigenvalue weighted by Crippen LogP contribution is 2.42. The zero-order chi connectivity index (χ0) is 18.4. The molecule has 1 unspecified atom stereocenters. The zero-order valence-corrected chi connectivity index (χ0v) is 13.8. The number of ketones is 2. The summed E-state index contributed by atoms with van der Waals surface area (Å²) in [4.78, 5) is 37.9. The van der Waals surface area contributed by atoms with Crippen molar-refractivity contribution >= 4 is 17.5 Å². The van der Waals surface area contributed by atoms with Gasteiger partial charge in [-0.3, -0.25) is 14.4 Å². The number of carbonyl (C=O) groups is 3. The van der Waals surface area contributed by atoms with Crippen molar-refractivity contribution in [3.63, 3.8) is 0 Å². The van der Waals surface area contributed by atoms with Gasteiger partial charge in [-0.1, -0.05) is 30.3 Å². The van der Waals surface area contributed by atoms with Crippen LogP contribution in [0.2, 0.25) is 0 Å². The number of hydrogen-bond donors (Lipinski definition) is 1. The molecule has 1 aliphatic carbocycles. The van der Waals surface area contributed by atoms with Crippen molar-refractivity contribution in [3.8, 4) is 11.5 Å². The summed E-state index contributed by atoms with van der Waals surface area (Å²) in [5, 5.41) is 9.79. The Hall–Kier alpha value is -3.41. The Morgan fingerprint density at radius 3 is 2.42 bits per heavy atom. The highest BCUT2D eigenvalue weighted by molar-refractivity contribution is 6.27. The van der Waals surface area contributed by atoms with E-state index in [1.54, 1.807) is 36.4 Å². The molecule has 1 aliphatic heterocycles. The second kappa shape index (κ2) is 5.84. The number of phenols is 1. The average molecular weight is 350 g/mol. The molecular weight excluding hydrogens is 336 g/mol.